The number of rotatable bonds is 14. The molecule has 1 N–H and O–H groups in total. The molecule has 2 unspecified atom stereocenters. The first-order chi connectivity index (χ1) is 11.6. The lowest BCUT2D eigenvalue weighted by Crippen LogP contribution is -2.18. The second-order valence-electron chi connectivity index (χ2n) is 7.33. The van der Waals surface area contributed by atoms with Crippen LogP contribution in [0.15, 0.2) is 30.3 Å². The number of aliphatic hydroxyl groups is 1. The number of benzene rings is 1. The second-order valence-corrected chi connectivity index (χ2v) is 7.75. The Balaban J connectivity index is 2.18. The molecule has 0 aromatic heterocycles. The van der Waals surface area contributed by atoms with Crippen molar-refractivity contribution in [2.24, 2.45) is 11.8 Å². The summed E-state index contributed by atoms with van der Waals surface area (Å²) >= 11 is 5.09. The summed E-state index contributed by atoms with van der Waals surface area (Å²) in [6.45, 7) is 4.57. The molecule has 1 aromatic carbocycles. The molecule has 1 nitrogen and oxygen atoms in total. The Morgan fingerprint density at radius 2 is 1.54 bits per heavy atom. The maximum atomic E-state index is 9.87. The minimum atomic E-state index is 0.117. The summed E-state index contributed by atoms with van der Waals surface area (Å²) < 4.78 is 0. The van der Waals surface area contributed by atoms with E-state index in [4.69, 9.17) is 12.2 Å². The van der Waals surface area contributed by atoms with Gasteiger partial charge >= 0.3 is 0 Å². The van der Waals surface area contributed by atoms with E-state index in [-0.39, 0.29) is 11.0 Å². The average molecular weight is 349 g/mol. The zero-order valence-corrected chi connectivity index (χ0v) is 16.5. The third-order valence-electron chi connectivity index (χ3n) is 4.91. The molecule has 0 aliphatic rings. The van der Waals surface area contributed by atoms with Crippen molar-refractivity contribution >= 4 is 17.3 Å². The first-order valence-electron chi connectivity index (χ1n) is 9.90. The lowest BCUT2D eigenvalue weighted by atomic mass is 9.88. The van der Waals surface area contributed by atoms with Crippen LogP contribution in [0.1, 0.15) is 83.6 Å². The highest BCUT2D eigenvalue weighted by Crippen LogP contribution is 2.23. The SMILES string of the molecule is CCCCCCCCCCC(C)CC(Cc1ccccc1)C(O)=S. The summed E-state index contributed by atoms with van der Waals surface area (Å²) in [6.07, 6.45) is 14.1. The van der Waals surface area contributed by atoms with Crippen molar-refractivity contribution in [1.82, 2.24) is 0 Å². The number of hydrogen-bond donors (Lipinski definition) is 1. The van der Waals surface area contributed by atoms with E-state index < -0.39 is 0 Å². The monoisotopic (exact) mass is 348 g/mol. The van der Waals surface area contributed by atoms with Gasteiger partial charge in [0.25, 0.3) is 0 Å². The number of thiocarbonyl (C=S) groups is 1. The van der Waals surface area contributed by atoms with Gasteiger partial charge < -0.3 is 5.11 Å². The van der Waals surface area contributed by atoms with Crippen molar-refractivity contribution in [3.05, 3.63) is 35.9 Å². The van der Waals surface area contributed by atoms with Crippen LogP contribution in [0.2, 0.25) is 0 Å². The molecule has 0 amide bonds. The van der Waals surface area contributed by atoms with E-state index in [9.17, 15) is 5.11 Å². The summed E-state index contributed by atoms with van der Waals surface area (Å²) in [4.78, 5) is 0. The Bertz CT molecular complexity index is 429. The first-order valence-corrected chi connectivity index (χ1v) is 10.3. The van der Waals surface area contributed by atoms with Crippen LogP contribution in [0.5, 0.6) is 0 Å². The summed E-state index contributed by atoms with van der Waals surface area (Å²) in [6, 6.07) is 10.4. The fraction of sp³-hybridized carbons (Fsp3) is 0.682. The van der Waals surface area contributed by atoms with E-state index in [2.05, 4.69) is 38.1 Å². The summed E-state index contributed by atoms with van der Waals surface area (Å²) in [5, 5.41) is 10.0. The molecule has 0 bridgehead atoms. The predicted octanol–water partition coefficient (Wildman–Crippen LogP) is 7.29. The van der Waals surface area contributed by atoms with Gasteiger partial charge in [0, 0.05) is 5.92 Å². The number of aliphatic hydroxyl groups excluding tert-OH is 1. The van der Waals surface area contributed by atoms with Gasteiger partial charge in [0.05, 0.1) is 0 Å². The molecule has 2 heteroatoms. The molecule has 0 saturated heterocycles. The van der Waals surface area contributed by atoms with Gasteiger partial charge in [-0.05, 0) is 36.5 Å². The predicted molar refractivity (Wildman–Crippen MR) is 110 cm³/mol. The van der Waals surface area contributed by atoms with Crippen LogP contribution < -0.4 is 0 Å². The number of unbranched alkanes of at least 4 members (excludes halogenated alkanes) is 7. The summed E-state index contributed by atoms with van der Waals surface area (Å²) in [5.41, 5.74) is 1.26. The Hall–Kier alpha value is -0.890. The molecular weight excluding hydrogens is 312 g/mol. The second kappa shape index (κ2) is 13.4. The highest BCUT2D eigenvalue weighted by molar-refractivity contribution is 7.80. The summed E-state index contributed by atoms with van der Waals surface area (Å²) in [7, 11) is 0. The molecule has 136 valence electrons. The van der Waals surface area contributed by atoms with Crippen LogP contribution >= 0.6 is 12.2 Å². The van der Waals surface area contributed by atoms with Gasteiger partial charge in [-0.15, -0.1) is 0 Å². The van der Waals surface area contributed by atoms with Gasteiger partial charge in [-0.3, -0.25) is 0 Å². The molecule has 0 saturated carbocycles. The van der Waals surface area contributed by atoms with Crippen molar-refractivity contribution < 1.29 is 5.11 Å². The van der Waals surface area contributed by atoms with E-state index in [1.807, 2.05) is 6.07 Å². The zero-order valence-electron chi connectivity index (χ0n) is 15.7. The van der Waals surface area contributed by atoms with Crippen molar-refractivity contribution in [3.63, 3.8) is 0 Å². The minimum Gasteiger partial charge on any atom is -0.502 e. The number of hydrogen-bond acceptors (Lipinski definition) is 1. The van der Waals surface area contributed by atoms with Gasteiger partial charge in [0.15, 0.2) is 5.05 Å². The Morgan fingerprint density at radius 3 is 2.12 bits per heavy atom. The van der Waals surface area contributed by atoms with E-state index in [1.54, 1.807) is 0 Å². The van der Waals surface area contributed by atoms with Crippen LogP contribution in [-0.4, -0.2) is 10.2 Å². The smallest absolute Gasteiger partial charge is 0.159 e. The fourth-order valence-electron chi connectivity index (χ4n) is 3.40. The zero-order chi connectivity index (χ0) is 17.6. The third-order valence-corrected chi connectivity index (χ3v) is 5.24. The maximum absolute atomic E-state index is 9.87. The van der Waals surface area contributed by atoms with E-state index in [1.165, 1.54) is 63.4 Å². The highest BCUT2D eigenvalue weighted by Gasteiger charge is 2.17. The van der Waals surface area contributed by atoms with Gasteiger partial charge in [-0.2, -0.15) is 0 Å². The van der Waals surface area contributed by atoms with Gasteiger partial charge in [-0.1, -0.05) is 102 Å². The normalized spacial score (nSPS) is 13.6. The van der Waals surface area contributed by atoms with Crippen molar-refractivity contribution in [2.45, 2.75) is 84.5 Å². The minimum absolute atomic E-state index is 0.117. The lowest BCUT2D eigenvalue weighted by Gasteiger charge is -2.19. The first kappa shape index (κ1) is 21.2. The third kappa shape index (κ3) is 10.1. The average Bonchev–Trinajstić information content (AvgIpc) is 2.57. The van der Waals surface area contributed by atoms with E-state index in [0.717, 1.165) is 12.8 Å². The Kier molecular flexibility index (Phi) is 11.8. The van der Waals surface area contributed by atoms with E-state index >= 15 is 0 Å². The van der Waals surface area contributed by atoms with Crippen LogP contribution in [0.3, 0.4) is 0 Å². The van der Waals surface area contributed by atoms with Crippen molar-refractivity contribution in [1.29, 1.82) is 0 Å². The fourth-order valence-corrected chi connectivity index (χ4v) is 3.58. The molecule has 1 aromatic rings. The highest BCUT2D eigenvalue weighted by atomic mass is 32.1. The van der Waals surface area contributed by atoms with Crippen molar-refractivity contribution in [3.8, 4) is 0 Å². The molecule has 0 heterocycles. The maximum Gasteiger partial charge on any atom is 0.159 e. The van der Waals surface area contributed by atoms with Gasteiger partial charge in [-0.25, -0.2) is 0 Å². The molecule has 0 spiro atoms. The molecule has 1 rings (SSSR count). The summed E-state index contributed by atoms with van der Waals surface area (Å²) in [5.74, 6) is 0.746. The van der Waals surface area contributed by atoms with Gasteiger partial charge in [0.1, 0.15) is 0 Å². The molecule has 24 heavy (non-hydrogen) atoms. The van der Waals surface area contributed by atoms with Crippen LogP contribution in [-0.2, 0) is 6.42 Å². The van der Waals surface area contributed by atoms with Crippen LogP contribution in [0.4, 0.5) is 0 Å². The molecule has 0 aliphatic carbocycles. The van der Waals surface area contributed by atoms with Crippen LogP contribution in [0, 0.1) is 11.8 Å². The molecule has 0 fully saturated rings. The lowest BCUT2D eigenvalue weighted by molar-refractivity contribution is 0.384. The van der Waals surface area contributed by atoms with Crippen LogP contribution in [0.25, 0.3) is 0 Å². The molecule has 2 atom stereocenters. The molecule has 0 aliphatic heterocycles. The topological polar surface area (TPSA) is 20.2 Å². The van der Waals surface area contributed by atoms with E-state index in [0.29, 0.717) is 5.92 Å². The molecular formula is C22H36OS. The molecule has 0 radical (unpaired) electrons. The van der Waals surface area contributed by atoms with Crippen molar-refractivity contribution in [2.75, 3.05) is 0 Å². The van der Waals surface area contributed by atoms with Gasteiger partial charge in [0.2, 0.25) is 0 Å². The Labute approximate surface area is 154 Å². The quantitative estimate of drug-likeness (QED) is 0.281. The Morgan fingerprint density at radius 1 is 0.958 bits per heavy atom. The standard InChI is InChI=1S/C22H36OS/c1-3-4-5-6-7-8-9-11-14-19(2)17-21(22(23)24)18-20-15-12-10-13-16-20/h10,12-13,15-16,19,21H,3-9,11,14,17-18H2,1-2H3,(H,23,24). The largest absolute Gasteiger partial charge is 0.502 e.